The number of hydrogen-bond donors (Lipinski definition) is 1. The van der Waals surface area contributed by atoms with E-state index >= 15 is 0 Å². The summed E-state index contributed by atoms with van der Waals surface area (Å²) in [6, 6.07) is 13.5. The van der Waals surface area contributed by atoms with Crippen molar-refractivity contribution in [2.24, 2.45) is 0 Å². The second kappa shape index (κ2) is 7.92. The molecule has 0 saturated carbocycles. The molecule has 0 bridgehead atoms. The number of amides is 2. The molecule has 1 aliphatic rings. The van der Waals surface area contributed by atoms with Crippen LogP contribution in [-0.4, -0.2) is 40.8 Å². The summed E-state index contributed by atoms with van der Waals surface area (Å²) in [7, 11) is 0. The number of aryl methyl sites for hydroxylation is 1. The van der Waals surface area contributed by atoms with Crippen molar-refractivity contribution < 1.29 is 9.59 Å². The molecule has 25 heavy (non-hydrogen) atoms. The molecule has 2 heterocycles. The molecule has 2 aromatic rings. The Morgan fingerprint density at radius 1 is 1.12 bits per heavy atom. The van der Waals surface area contributed by atoms with Crippen LogP contribution in [0.5, 0.6) is 0 Å². The molecule has 1 aromatic carbocycles. The fourth-order valence-corrected chi connectivity index (χ4v) is 3.02. The largest absolute Gasteiger partial charge is 0.348 e. The number of nitrogens with zero attached hydrogens (tertiary/aromatic N) is 2. The number of nitrogens with one attached hydrogen (secondary N) is 1. The number of carbonyl (C=O) groups excluding carboxylic acids is 2. The lowest BCUT2D eigenvalue weighted by atomic mass is 10.0. The predicted octanol–water partition coefficient (Wildman–Crippen LogP) is 2.35. The predicted molar refractivity (Wildman–Crippen MR) is 96.2 cm³/mol. The third kappa shape index (κ3) is 4.66. The number of likely N-dealkylation sites (tertiary alicyclic amines) is 1. The van der Waals surface area contributed by atoms with Crippen molar-refractivity contribution in [1.82, 2.24) is 15.2 Å². The SMILES string of the molecule is Cc1ccc(CC(=O)N2CCC(NC(=O)c3ccccn3)CC2)cc1. The van der Waals surface area contributed by atoms with E-state index in [0.29, 0.717) is 25.2 Å². The number of benzene rings is 1. The highest BCUT2D eigenvalue weighted by molar-refractivity contribution is 5.92. The van der Waals surface area contributed by atoms with Crippen LogP contribution in [0.15, 0.2) is 48.7 Å². The number of carbonyl (C=O) groups is 2. The van der Waals surface area contributed by atoms with Gasteiger partial charge in [-0.15, -0.1) is 0 Å². The van der Waals surface area contributed by atoms with Crippen LogP contribution in [-0.2, 0) is 11.2 Å². The van der Waals surface area contributed by atoms with Gasteiger partial charge in [-0.3, -0.25) is 14.6 Å². The maximum absolute atomic E-state index is 12.4. The molecular weight excluding hydrogens is 314 g/mol. The minimum Gasteiger partial charge on any atom is -0.348 e. The number of pyridine rings is 1. The zero-order valence-electron chi connectivity index (χ0n) is 14.4. The number of aromatic nitrogens is 1. The van der Waals surface area contributed by atoms with Gasteiger partial charge in [0.05, 0.1) is 6.42 Å². The van der Waals surface area contributed by atoms with Gasteiger partial charge in [-0.25, -0.2) is 0 Å². The van der Waals surface area contributed by atoms with E-state index in [1.807, 2.05) is 36.1 Å². The molecule has 0 atom stereocenters. The number of piperidine rings is 1. The molecule has 1 N–H and O–H groups in total. The van der Waals surface area contributed by atoms with Gasteiger partial charge < -0.3 is 10.2 Å². The van der Waals surface area contributed by atoms with E-state index in [2.05, 4.69) is 10.3 Å². The topological polar surface area (TPSA) is 62.3 Å². The molecule has 1 aliphatic heterocycles. The molecule has 0 aliphatic carbocycles. The fraction of sp³-hybridized carbons (Fsp3) is 0.350. The van der Waals surface area contributed by atoms with Crippen molar-refractivity contribution in [2.75, 3.05) is 13.1 Å². The van der Waals surface area contributed by atoms with E-state index in [-0.39, 0.29) is 17.9 Å². The molecular formula is C20H23N3O2. The first kappa shape index (κ1) is 17.1. The van der Waals surface area contributed by atoms with E-state index in [4.69, 9.17) is 0 Å². The van der Waals surface area contributed by atoms with Crippen molar-refractivity contribution in [3.05, 3.63) is 65.5 Å². The minimum absolute atomic E-state index is 0.0953. The molecule has 1 saturated heterocycles. The summed E-state index contributed by atoms with van der Waals surface area (Å²) in [6.07, 6.45) is 3.60. The third-order valence-electron chi connectivity index (χ3n) is 4.56. The van der Waals surface area contributed by atoms with Gasteiger partial charge in [0.15, 0.2) is 0 Å². The van der Waals surface area contributed by atoms with Crippen LogP contribution in [0.25, 0.3) is 0 Å². The highest BCUT2D eigenvalue weighted by Gasteiger charge is 2.24. The van der Waals surface area contributed by atoms with Crippen molar-refractivity contribution in [3.8, 4) is 0 Å². The first-order valence-corrected chi connectivity index (χ1v) is 8.67. The van der Waals surface area contributed by atoms with Crippen molar-refractivity contribution in [2.45, 2.75) is 32.2 Å². The standard InChI is InChI=1S/C20H23N3O2/c1-15-5-7-16(8-6-15)14-19(24)23-12-9-17(10-13-23)22-20(25)18-4-2-3-11-21-18/h2-8,11,17H,9-10,12-14H2,1H3,(H,22,25). The zero-order valence-corrected chi connectivity index (χ0v) is 14.4. The quantitative estimate of drug-likeness (QED) is 0.931. The molecule has 1 aromatic heterocycles. The van der Waals surface area contributed by atoms with E-state index in [9.17, 15) is 9.59 Å². The van der Waals surface area contributed by atoms with Crippen LogP contribution in [0.4, 0.5) is 0 Å². The smallest absolute Gasteiger partial charge is 0.270 e. The molecule has 5 heteroatoms. The van der Waals surface area contributed by atoms with Gasteiger partial charge >= 0.3 is 0 Å². The van der Waals surface area contributed by atoms with Crippen LogP contribution >= 0.6 is 0 Å². The molecule has 2 amide bonds. The van der Waals surface area contributed by atoms with E-state index in [0.717, 1.165) is 18.4 Å². The second-order valence-electron chi connectivity index (χ2n) is 6.51. The lowest BCUT2D eigenvalue weighted by Crippen LogP contribution is -2.47. The van der Waals surface area contributed by atoms with E-state index in [1.165, 1.54) is 5.56 Å². The van der Waals surface area contributed by atoms with Crippen LogP contribution < -0.4 is 5.32 Å². The Balaban J connectivity index is 1.47. The molecule has 1 fully saturated rings. The normalized spacial score (nSPS) is 15.0. The lowest BCUT2D eigenvalue weighted by Gasteiger charge is -2.32. The fourth-order valence-electron chi connectivity index (χ4n) is 3.02. The highest BCUT2D eigenvalue weighted by Crippen LogP contribution is 2.13. The highest BCUT2D eigenvalue weighted by atomic mass is 16.2. The summed E-state index contributed by atoms with van der Waals surface area (Å²) in [5.74, 6) is 0.00314. The van der Waals surface area contributed by atoms with Crippen molar-refractivity contribution in [1.29, 1.82) is 0 Å². The van der Waals surface area contributed by atoms with Crippen LogP contribution in [0.2, 0.25) is 0 Å². The van der Waals surface area contributed by atoms with Gasteiger partial charge in [0.1, 0.15) is 5.69 Å². The summed E-state index contributed by atoms with van der Waals surface area (Å²) in [5, 5.41) is 3.01. The second-order valence-corrected chi connectivity index (χ2v) is 6.51. The van der Waals surface area contributed by atoms with Crippen molar-refractivity contribution >= 4 is 11.8 Å². The Morgan fingerprint density at radius 3 is 2.48 bits per heavy atom. The van der Waals surface area contributed by atoms with Gasteiger partial charge in [-0.2, -0.15) is 0 Å². The molecule has 5 nitrogen and oxygen atoms in total. The van der Waals surface area contributed by atoms with Crippen LogP contribution in [0.3, 0.4) is 0 Å². The van der Waals surface area contributed by atoms with Gasteiger partial charge in [0, 0.05) is 25.3 Å². The van der Waals surface area contributed by atoms with Gasteiger partial charge in [-0.1, -0.05) is 35.9 Å². The Bertz CT molecular complexity index is 720. The molecule has 3 rings (SSSR count). The van der Waals surface area contributed by atoms with E-state index in [1.54, 1.807) is 24.4 Å². The van der Waals surface area contributed by atoms with Crippen LogP contribution in [0.1, 0.15) is 34.5 Å². The molecule has 0 radical (unpaired) electrons. The van der Waals surface area contributed by atoms with Crippen LogP contribution in [0, 0.1) is 6.92 Å². The van der Waals surface area contributed by atoms with Gasteiger partial charge in [0.2, 0.25) is 5.91 Å². The summed E-state index contributed by atoms with van der Waals surface area (Å²) in [6.45, 7) is 3.39. The zero-order chi connectivity index (χ0) is 17.6. The monoisotopic (exact) mass is 337 g/mol. The Morgan fingerprint density at radius 2 is 1.84 bits per heavy atom. The molecule has 0 spiro atoms. The van der Waals surface area contributed by atoms with E-state index < -0.39 is 0 Å². The summed E-state index contributed by atoms with van der Waals surface area (Å²) in [5.41, 5.74) is 2.67. The molecule has 0 unspecified atom stereocenters. The third-order valence-corrected chi connectivity index (χ3v) is 4.56. The Hall–Kier alpha value is -2.69. The van der Waals surface area contributed by atoms with Crippen molar-refractivity contribution in [3.63, 3.8) is 0 Å². The summed E-state index contributed by atoms with van der Waals surface area (Å²) < 4.78 is 0. The maximum atomic E-state index is 12.4. The molecule has 130 valence electrons. The Kier molecular flexibility index (Phi) is 5.43. The lowest BCUT2D eigenvalue weighted by molar-refractivity contribution is -0.131. The average molecular weight is 337 g/mol. The Labute approximate surface area is 148 Å². The minimum atomic E-state index is -0.148. The average Bonchev–Trinajstić information content (AvgIpc) is 2.65. The summed E-state index contributed by atoms with van der Waals surface area (Å²) in [4.78, 5) is 30.5. The summed E-state index contributed by atoms with van der Waals surface area (Å²) >= 11 is 0. The number of rotatable bonds is 4. The van der Waals surface area contributed by atoms with Gasteiger partial charge in [-0.05, 0) is 37.5 Å². The number of hydrogen-bond acceptors (Lipinski definition) is 3. The first-order valence-electron chi connectivity index (χ1n) is 8.67. The first-order chi connectivity index (χ1) is 12.1. The maximum Gasteiger partial charge on any atom is 0.270 e. The van der Waals surface area contributed by atoms with Gasteiger partial charge in [0.25, 0.3) is 5.91 Å².